The Morgan fingerprint density at radius 2 is 2.08 bits per heavy atom. The van der Waals surface area contributed by atoms with Crippen LogP contribution in [0.4, 0.5) is 14.5 Å². The lowest BCUT2D eigenvalue weighted by molar-refractivity contribution is -0.143. The SMILES string of the molecule is O=C(O)C(CC(F)F)NC(=O)C12CCC(=O)N1c1ccccc1S2. The van der Waals surface area contributed by atoms with Crippen molar-refractivity contribution < 1.29 is 28.3 Å². The Morgan fingerprint density at radius 1 is 1.38 bits per heavy atom. The number of nitrogens with zero attached hydrogens (tertiary/aromatic N) is 1. The molecule has 2 unspecified atom stereocenters. The summed E-state index contributed by atoms with van der Waals surface area (Å²) in [4.78, 5) is 36.8. The van der Waals surface area contributed by atoms with Gasteiger partial charge in [-0.1, -0.05) is 23.9 Å². The molecule has 3 rings (SSSR count). The Hall–Kier alpha value is -2.16. The van der Waals surface area contributed by atoms with Gasteiger partial charge in [-0.05, 0) is 18.6 Å². The van der Waals surface area contributed by atoms with E-state index in [1.54, 1.807) is 24.3 Å². The van der Waals surface area contributed by atoms with Gasteiger partial charge in [0.1, 0.15) is 6.04 Å². The number of thioether (sulfide) groups is 1. The van der Waals surface area contributed by atoms with Gasteiger partial charge in [-0.2, -0.15) is 0 Å². The number of carbonyl (C=O) groups excluding carboxylic acids is 2. The molecular formula is C15H14F2N2O4S. The predicted molar refractivity (Wildman–Crippen MR) is 81.9 cm³/mol. The van der Waals surface area contributed by atoms with Crippen molar-refractivity contribution in [1.29, 1.82) is 0 Å². The van der Waals surface area contributed by atoms with Crippen LogP contribution >= 0.6 is 11.8 Å². The maximum Gasteiger partial charge on any atom is 0.326 e. The van der Waals surface area contributed by atoms with Gasteiger partial charge in [-0.3, -0.25) is 14.5 Å². The minimum Gasteiger partial charge on any atom is -0.480 e. The number of benzene rings is 1. The molecule has 24 heavy (non-hydrogen) atoms. The normalized spacial score (nSPS) is 23.1. The van der Waals surface area contributed by atoms with Crippen LogP contribution in [0.1, 0.15) is 19.3 Å². The third-order valence-corrected chi connectivity index (χ3v) is 5.52. The number of nitrogens with one attached hydrogen (secondary N) is 1. The van der Waals surface area contributed by atoms with Crippen LogP contribution in [0.15, 0.2) is 29.2 Å². The number of amides is 2. The minimum absolute atomic E-state index is 0.140. The van der Waals surface area contributed by atoms with E-state index in [9.17, 15) is 23.2 Å². The predicted octanol–water partition coefficient (Wildman–Crippen LogP) is 1.84. The van der Waals surface area contributed by atoms with Crippen LogP contribution < -0.4 is 10.2 Å². The fourth-order valence-corrected chi connectivity index (χ4v) is 4.39. The molecule has 2 N–H and O–H groups in total. The maximum absolute atomic E-state index is 12.7. The largest absolute Gasteiger partial charge is 0.480 e. The van der Waals surface area contributed by atoms with Crippen molar-refractivity contribution in [2.45, 2.75) is 41.5 Å². The number of hydrogen-bond donors (Lipinski definition) is 2. The first-order chi connectivity index (χ1) is 11.3. The highest BCUT2D eigenvalue weighted by Gasteiger charge is 2.57. The summed E-state index contributed by atoms with van der Waals surface area (Å²) in [7, 11) is 0. The lowest BCUT2D eigenvalue weighted by atomic mass is 10.1. The van der Waals surface area contributed by atoms with E-state index in [1.165, 1.54) is 4.90 Å². The first-order valence-corrected chi connectivity index (χ1v) is 8.10. The van der Waals surface area contributed by atoms with Crippen molar-refractivity contribution >= 4 is 35.2 Å². The third-order valence-electron chi connectivity index (χ3n) is 4.05. The number of halogens is 2. The summed E-state index contributed by atoms with van der Waals surface area (Å²) in [5.41, 5.74) is 0.584. The monoisotopic (exact) mass is 356 g/mol. The molecule has 1 fully saturated rings. The summed E-state index contributed by atoms with van der Waals surface area (Å²) >= 11 is 1.15. The van der Waals surface area contributed by atoms with Gasteiger partial charge in [-0.15, -0.1) is 0 Å². The average Bonchev–Trinajstić information content (AvgIpc) is 3.02. The molecular weight excluding hydrogens is 342 g/mol. The number of carboxylic acid groups (broad SMARTS) is 1. The molecule has 0 aromatic heterocycles. The van der Waals surface area contributed by atoms with Gasteiger partial charge in [0.05, 0.1) is 5.69 Å². The van der Waals surface area contributed by atoms with E-state index >= 15 is 0 Å². The molecule has 128 valence electrons. The quantitative estimate of drug-likeness (QED) is 0.841. The van der Waals surface area contributed by atoms with Crippen LogP contribution in [0.3, 0.4) is 0 Å². The molecule has 2 aliphatic heterocycles. The molecule has 0 bridgehead atoms. The second-order valence-corrected chi connectivity index (χ2v) is 6.89. The molecule has 0 spiro atoms. The molecule has 1 aromatic carbocycles. The number of fused-ring (bicyclic) bond motifs is 3. The molecule has 6 nitrogen and oxygen atoms in total. The van der Waals surface area contributed by atoms with Crippen LogP contribution in [0.5, 0.6) is 0 Å². The summed E-state index contributed by atoms with van der Waals surface area (Å²) < 4.78 is 25.1. The van der Waals surface area contributed by atoms with Gasteiger partial charge in [0, 0.05) is 17.7 Å². The second kappa shape index (κ2) is 6.04. The van der Waals surface area contributed by atoms with Crippen molar-refractivity contribution in [3.05, 3.63) is 24.3 Å². The molecule has 2 atom stereocenters. The van der Waals surface area contributed by atoms with Crippen LogP contribution in [0.25, 0.3) is 0 Å². The van der Waals surface area contributed by atoms with E-state index in [0.29, 0.717) is 5.69 Å². The van der Waals surface area contributed by atoms with Crippen LogP contribution in [0, 0.1) is 0 Å². The molecule has 0 saturated carbocycles. The number of alkyl halides is 2. The molecule has 0 radical (unpaired) electrons. The highest BCUT2D eigenvalue weighted by atomic mass is 32.2. The maximum atomic E-state index is 12.7. The van der Waals surface area contributed by atoms with Gasteiger partial charge >= 0.3 is 5.97 Å². The van der Waals surface area contributed by atoms with Crippen LogP contribution in [-0.2, 0) is 14.4 Å². The number of carboxylic acids is 1. The summed E-state index contributed by atoms with van der Waals surface area (Å²) in [6.45, 7) is 0. The third kappa shape index (κ3) is 2.62. The molecule has 9 heteroatoms. The highest BCUT2D eigenvalue weighted by molar-refractivity contribution is 8.02. The standard InChI is InChI=1S/C15H14F2N2O4S/c16-11(17)7-8(13(21)22)18-14(23)15-6-5-12(20)19(15)9-3-1-2-4-10(9)24-15/h1-4,8,11H,5-7H2,(H,18,23)(H,21,22). The molecule has 2 amide bonds. The smallest absolute Gasteiger partial charge is 0.326 e. The van der Waals surface area contributed by atoms with Crippen molar-refractivity contribution in [2.75, 3.05) is 4.90 Å². The summed E-state index contributed by atoms with van der Waals surface area (Å²) in [6, 6.07) is 5.26. The van der Waals surface area contributed by atoms with Gasteiger partial charge in [0.2, 0.25) is 12.3 Å². The highest BCUT2D eigenvalue weighted by Crippen LogP contribution is 2.55. The van der Waals surface area contributed by atoms with Crippen molar-refractivity contribution in [2.24, 2.45) is 0 Å². The number of carbonyl (C=O) groups is 3. The molecule has 1 aromatic rings. The van der Waals surface area contributed by atoms with Gasteiger partial charge in [-0.25, -0.2) is 13.6 Å². The summed E-state index contributed by atoms with van der Waals surface area (Å²) in [5.74, 6) is -2.51. The van der Waals surface area contributed by atoms with Gasteiger partial charge < -0.3 is 10.4 Å². The topological polar surface area (TPSA) is 86.7 Å². The molecule has 2 aliphatic rings. The van der Waals surface area contributed by atoms with Crippen LogP contribution in [0.2, 0.25) is 0 Å². The Kier molecular flexibility index (Phi) is 4.20. The summed E-state index contributed by atoms with van der Waals surface area (Å²) in [6.07, 6.45) is -3.51. The van der Waals surface area contributed by atoms with E-state index in [-0.39, 0.29) is 18.7 Å². The Labute approximate surface area is 140 Å². The van der Waals surface area contributed by atoms with Gasteiger partial charge in [0.25, 0.3) is 5.91 Å². The minimum atomic E-state index is -2.86. The van der Waals surface area contributed by atoms with E-state index in [1.807, 2.05) is 0 Å². The zero-order valence-corrected chi connectivity index (χ0v) is 13.2. The lowest BCUT2D eigenvalue weighted by Crippen LogP contribution is -2.56. The van der Waals surface area contributed by atoms with E-state index in [4.69, 9.17) is 5.11 Å². The van der Waals surface area contributed by atoms with E-state index < -0.39 is 35.6 Å². The lowest BCUT2D eigenvalue weighted by Gasteiger charge is -2.30. The first kappa shape index (κ1) is 16.7. The van der Waals surface area contributed by atoms with E-state index in [0.717, 1.165) is 16.7 Å². The Bertz CT molecular complexity index is 714. The molecule has 1 saturated heterocycles. The first-order valence-electron chi connectivity index (χ1n) is 7.28. The number of rotatable bonds is 5. The Balaban J connectivity index is 1.89. The fraction of sp³-hybridized carbons (Fsp3) is 0.400. The van der Waals surface area contributed by atoms with Crippen molar-refractivity contribution in [3.8, 4) is 0 Å². The van der Waals surface area contributed by atoms with Crippen molar-refractivity contribution in [3.63, 3.8) is 0 Å². The molecule has 2 heterocycles. The number of anilines is 1. The number of hydrogen-bond acceptors (Lipinski definition) is 4. The second-order valence-electron chi connectivity index (χ2n) is 5.57. The zero-order valence-electron chi connectivity index (χ0n) is 12.4. The van der Waals surface area contributed by atoms with Crippen molar-refractivity contribution in [1.82, 2.24) is 5.32 Å². The fourth-order valence-electron chi connectivity index (χ4n) is 2.97. The number of para-hydroxylation sites is 1. The summed E-state index contributed by atoms with van der Waals surface area (Å²) in [5, 5.41) is 11.2. The molecule has 0 aliphatic carbocycles. The van der Waals surface area contributed by atoms with E-state index in [2.05, 4.69) is 5.32 Å². The van der Waals surface area contributed by atoms with Crippen LogP contribution in [-0.4, -0.2) is 40.2 Å². The number of aliphatic carboxylic acids is 1. The average molecular weight is 356 g/mol. The Morgan fingerprint density at radius 3 is 2.75 bits per heavy atom. The zero-order chi connectivity index (χ0) is 17.5. The van der Waals surface area contributed by atoms with Gasteiger partial charge in [0.15, 0.2) is 4.87 Å².